The third kappa shape index (κ3) is 4.80. The molecule has 0 N–H and O–H groups in total. The van der Waals surface area contributed by atoms with Gasteiger partial charge in [0.1, 0.15) is 0 Å². The van der Waals surface area contributed by atoms with E-state index in [4.69, 9.17) is 0 Å². The first kappa shape index (κ1) is 11.4. The Kier molecular flexibility index (Phi) is 4.63. The molecule has 70 valence electrons. The Morgan fingerprint density at radius 3 is 1.73 bits per heavy atom. The van der Waals surface area contributed by atoms with Crippen LogP contribution in [0.1, 0.15) is 34.1 Å². The van der Waals surface area contributed by atoms with E-state index in [0.717, 1.165) is 11.6 Å². The molecular formula is C10H25P. The Balaban J connectivity index is 3.73. The minimum absolute atomic E-state index is 0.843. The zero-order valence-electron chi connectivity index (χ0n) is 9.07. The van der Waals surface area contributed by atoms with Gasteiger partial charge in [0.2, 0.25) is 0 Å². The molecule has 0 amide bonds. The zero-order valence-corrected chi connectivity index (χ0v) is 10.1. The first-order valence-corrected chi connectivity index (χ1v) is 8.14. The van der Waals surface area contributed by atoms with E-state index < -0.39 is 7.26 Å². The van der Waals surface area contributed by atoms with Gasteiger partial charge in [-0.25, -0.2) is 0 Å². The van der Waals surface area contributed by atoms with Gasteiger partial charge in [0.05, 0.1) is 0 Å². The van der Waals surface area contributed by atoms with Crippen LogP contribution in [0.25, 0.3) is 0 Å². The van der Waals surface area contributed by atoms with Crippen LogP contribution in [0.2, 0.25) is 0 Å². The van der Waals surface area contributed by atoms with E-state index in [1.807, 2.05) is 0 Å². The molecule has 0 aliphatic heterocycles. The van der Waals surface area contributed by atoms with Gasteiger partial charge in [-0.05, 0) is 0 Å². The average Bonchev–Trinajstić information content (AvgIpc) is 1.84. The summed E-state index contributed by atoms with van der Waals surface area (Å²) in [6, 6.07) is 0. The molecule has 0 bridgehead atoms. The molecular weight excluding hydrogens is 151 g/mol. The molecule has 0 nitrogen and oxygen atoms in total. The second-order valence-electron chi connectivity index (χ2n) is 5.08. The second-order valence-corrected chi connectivity index (χ2v) is 10.7. The molecule has 0 fully saturated rings. The van der Waals surface area contributed by atoms with Crippen LogP contribution in [-0.2, 0) is 0 Å². The van der Waals surface area contributed by atoms with Crippen molar-refractivity contribution in [2.45, 2.75) is 39.8 Å². The number of hydrogen-bond donors (Lipinski definition) is 0. The molecule has 0 aliphatic carbocycles. The van der Waals surface area contributed by atoms with Crippen molar-refractivity contribution >= 4 is 7.26 Å². The Morgan fingerprint density at radius 2 is 1.45 bits per heavy atom. The molecule has 11 heavy (non-hydrogen) atoms. The van der Waals surface area contributed by atoms with Gasteiger partial charge in [0, 0.05) is 0 Å². The summed E-state index contributed by atoms with van der Waals surface area (Å²) in [4.78, 5) is 0. The minimum atomic E-state index is -0.843. The topological polar surface area (TPSA) is 0 Å². The van der Waals surface area contributed by atoms with Crippen LogP contribution in [-0.4, -0.2) is 25.2 Å². The van der Waals surface area contributed by atoms with E-state index in [2.05, 4.69) is 41.0 Å². The van der Waals surface area contributed by atoms with Crippen molar-refractivity contribution < 1.29 is 0 Å². The van der Waals surface area contributed by atoms with E-state index in [9.17, 15) is 0 Å². The van der Waals surface area contributed by atoms with Crippen LogP contribution in [0.3, 0.4) is 0 Å². The molecule has 1 heteroatoms. The molecule has 0 radical (unpaired) electrons. The predicted molar refractivity (Wildman–Crippen MR) is 59.6 cm³/mol. The summed E-state index contributed by atoms with van der Waals surface area (Å²) in [5.41, 5.74) is 0.946. The quantitative estimate of drug-likeness (QED) is 0.575. The van der Waals surface area contributed by atoms with E-state index in [-0.39, 0.29) is 0 Å². The monoisotopic (exact) mass is 176 g/mol. The van der Waals surface area contributed by atoms with Crippen molar-refractivity contribution in [3.05, 3.63) is 0 Å². The van der Waals surface area contributed by atoms with Crippen molar-refractivity contribution in [2.24, 2.45) is 5.92 Å². The van der Waals surface area contributed by atoms with Crippen LogP contribution in [0, 0.1) is 5.92 Å². The zero-order chi connectivity index (χ0) is 9.07. The Bertz CT molecular complexity index is 103. The molecule has 0 heterocycles. The van der Waals surface area contributed by atoms with Crippen LogP contribution >= 0.6 is 7.26 Å². The third-order valence-corrected chi connectivity index (χ3v) is 7.63. The van der Waals surface area contributed by atoms with Crippen molar-refractivity contribution in [1.82, 2.24) is 0 Å². The fraction of sp³-hybridized carbons (Fsp3) is 1.00. The summed E-state index contributed by atoms with van der Waals surface area (Å²) in [5, 5.41) is 0. The Hall–Kier alpha value is 0.430. The summed E-state index contributed by atoms with van der Waals surface area (Å²) < 4.78 is 0. The molecule has 0 spiro atoms. The molecule has 0 aromatic carbocycles. The molecule has 0 unspecified atom stereocenters. The van der Waals surface area contributed by atoms with Gasteiger partial charge < -0.3 is 0 Å². The first-order chi connectivity index (χ1) is 4.86. The van der Waals surface area contributed by atoms with Crippen LogP contribution in [0.5, 0.6) is 0 Å². The third-order valence-electron chi connectivity index (χ3n) is 2.93. The maximum atomic E-state index is 2.51. The van der Waals surface area contributed by atoms with Gasteiger partial charge in [0.15, 0.2) is 0 Å². The Morgan fingerprint density at radius 1 is 1.00 bits per heavy atom. The van der Waals surface area contributed by atoms with Crippen LogP contribution in [0.4, 0.5) is 0 Å². The molecule has 0 saturated carbocycles. The van der Waals surface area contributed by atoms with Gasteiger partial charge in [-0.1, -0.05) is 0 Å². The van der Waals surface area contributed by atoms with Crippen LogP contribution < -0.4 is 0 Å². The maximum absolute atomic E-state index is 2.51. The van der Waals surface area contributed by atoms with Gasteiger partial charge in [-0.15, -0.1) is 0 Å². The van der Waals surface area contributed by atoms with Gasteiger partial charge in [-0.3, -0.25) is 0 Å². The molecule has 0 saturated heterocycles. The van der Waals surface area contributed by atoms with Crippen molar-refractivity contribution in [3.63, 3.8) is 0 Å². The predicted octanol–water partition coefficient (Wildman–Crippen LogP) is 3.45. The second kappa shape index (κ2) is 4.45. The summed E-state index contributed by atoms with van der Waals surface area (Å²) in [6.45, 7) is 14.4. The first-order valence-electron chi connectivity index (χ1n) is 4.86. The van der Waals surface area contributed by atoms with Crippen LogP contribution in [0.15, 0.2) is 0 Å². The van der Waals surface area contributed by atoms with E-state index in [0.29, 0.717) is 0 Å². The van der Waals surface area contributed by atoms with Gasteiger partial charge in [0.25, 0.3) is 0 Å². The molecule has 0 aliphatic rings. The van der Waals surface area contributed by atoms with Gasteiger partial charge >= 0.3 is 72.4 Å². The fourth-order valence-electron chi connectivity index (χ4n) is 0.949. The summed E-state index contributed by atoms with van der Waals surface area (Å²) in [6.07, 6.45) is 2.93. The van der Waals surface area contributed by atoms with E-state index >= 15 is 0 Å². The SMILES string of the molecule is CC(C)CC[PH](C)(C)C(C)C. The normalized spacial score (nSPS) is 14.5. The summed E-state index contributed by atoms with van der Waals surface area (Å²) >= 11 is 0. The van der Waals surface area contributed by atoms with Crippen molar-refractivity contribution in [2.75, 3.05) is 19.5 Å². The molecule has 0 aromatic heterocycles. The average molecular weight is 176 g/mol. The van der Waals surface area contributed by atoms with Crippen molar-refractivity contribution in [3.8, 4) is 0 Å². The number of hydrogen-bond acceptors (Lipinski definition) is 0. The van der Waals surface area contributed by atoms with E-state index in [1.165, 1.54) is 12.6 Å². The van der Waals surface area contributed by atoms with Crippen molar-refractivity contribution in [1.29, 1.82) is 0 Å². The summed E-state index contributed by atoms with van der Waals surface area (Å²) in [5.74, 6) is 0.889. The molecule has 0 rings (SSSR count). The van der Waals surface area contributed by atoms with Gasteiger partial charge in [-0.2, -0.15) is 0 Å². The summed E-state index contributed by atoms with van der Waals surface area (Å²) in [7, 11) is -0.843. The molecule has 0 aromatic rings. The van der Waals surface area contributed by atoms with E-state index in [1.54, 1.807) is 0 Å². The number of rotatable bonds is 4. The standard InChI is InChI=1S/C10H25P/c1-9(2)7-8-11(5,6)10(3)4/h9-11H,7-8H2,1-6H3. The molecule has 0 atom stereocenters. The Labute approximate surface area is 73.1 Å². The fourth-order valence-corrected chi connectivity index (χ4v) is 2.85.